The Morgan fingerprint density at radius 3 is 3.00 bits per heavy atom. The van der Waals surface area contributed by atoms with E-state index in [1.165, 1.54) is 5.56 Å². The van der Waals surface area contributed by atoms with Gasteiger partial charge in [-0.3, -0.25) is 0 Å². The quantitative estimate of drug-likeness (QED) is 0.729. The van der Waals surface area contributed by atoms with Crippen molar-refractivity contribution in [3.63, 3.8) is 0 Å². The second kappa shape index (κ2) is 4.23. The van der Waals surface area contributed by atoms with Crippen molar-refractivity contribution in [3.8, 4) is 0 Å². The Morgan fingerprint density at radius 1 is 1.44 bits per heavy atom. The molecule has 0 bridgehead atoms. The minimum atomic E-state index is -0.669. The van der Waals surface area contributed by atoms with E-state index < -0.39 is 5.60 Å². The maximum Gasteiger partial charge on any atom is 0.0931 e. The highest BCUT2D eigenvalue weighted by molar-refractivity contribution is 5.74. The standard InChI is InChI=1S/C12H17N3O/c1-12(2,16)7-13-6-9-3-4-10-11(5-9)15-8-14-10/h3-5,8,13,16H,6-7H2,1-2H3,(H,14,15). The molecule has 1 aromatic heterocycles. The summed E-state index contributed by atoms with van der Waals surface area (Å²) >= 11 is 0. The molecule has 0 aliphatic rings. The van der Waals surface area contributed by atoms with E-state index in [1.807, 2.05) is 12.1 Å². The molecular weight excluding hydrogens is 202 g/mol. The van der Waals surface area contributed by atoms with E-state index >= 15 is 0 Å². The van der Waals surface area contributed by atoms with Crippen LogP contribution in [0.2, 0.25) is 0 Å². The predicted molar refractivity (Wildman–Crippen MR) is 64.1 cm³/mol. The summed E-state index contributed by atoms with van der Waals surface area (Å²) in [6.07, 6.45) is 1.69. The SMILES string of the molecule is CC(C)(O)CNCc1ccc2nc[nH]c2c1. The summed E-state index contributed by atoms with van der Waals surface area (Å²) in [4.78, 5) is 7.24. The van der Waals surface area contributed by atoms with Gasteiger partial charge in [0.25, 0.3) is 0 Å². The Balaban J connectivity index is 1.99. The predicted octanol–water partition coefficient (Wildman–Crippen LogP) is 1.42. The zero-order chi connectivity index (χ0) is 11.6. The molecule has 0 radical (unpaired) electrons. The van der Waals surface area contributed by atoms with Crippen molar-refractivity contribution in [2.24, 2.45) is 0 Å². The Labute approximate surface area is 94.7 Å². The maximum absolute atomic E-state index is 9.56. The first-order valence-corrected chi connectivity index (χ1v) is 5.40. The topological polar surface area (TPSA) is 60.9 Å². The fourth-order valence-electron chi connectivity index (χ4n) is 1.61. The van der Waals surface area contributed by atoms with Crippen LogP contribution in [-0.2, 0) is 6.54 Å². The number of aromatic nitrogens is 2. The summed E-state index contributed by atoms with van der Waals surface area (Å²) in [5, 5.41) is 12.8. The Hall–Kier alpha value is -1.39. The lowest BCUT2D eigenvalue weighted by Crippen LogP contribution is -2.34. The van der Waals surface area contributed by atoms with E-state index in [9.17, 15) is 5.11 Å². The third-order valence-corrected chi connectivity index (χ3v) is 2.37. The van der Waals surface area contributed by atoms with Crippen LogP contribution in [0.3, 0.4) is 0 Å². The summed E-state index contributed by atoms with van der Waals surface area (Å²) in [7, 11) is 0. The van der Waals surface area contributed by atoms with Crippen molar-refractivity contribution >= 4 is 11.0 Å². The number of aromatic amines is 1. The van der Waals surface area contributed by atoms with Crippen molar-refractivity contribution in [1.82, 2.24) is 15.3 Å². The van der Waals surface area contributed by atoms with Gasteiger partial charge in [-0.15, -0.1) is 0 Å². The minimum Gasteiger partial charge on any atom is -0.389 e. The Kier molecular flexibility index (Phi) is 2.94. The molecule has 4 nitrogen and oxygen atoms in total. The van der Waals surface area contributed by atoms with Gasteiger partial charge in [-0.1, -0.05) is 6.07 Å². The number of H-pyrrole nitrogens is 1. The lowest BCUT2D eigenvalue weighted by molar-refractivity contribution is 0.0795. The van der Waals surface area contributed by atoms with E-state index in [2.05, 4.69) is 21.4 Å². The number of fused-ring (bicyclic) bond motifs is 1. The van der Waals surface area contributed by atoms with Gasteiger partial charge in [-0.2, -0.15) is 0 Å². The van der Waals surface area contributed by atoms with Crippen molar-refractivity contribution < 1.29 is 5.11 Å². The van der Waals surface area contributed by atoms with Gasteiger partial charge < -0.3 is 15.4 Å². The van der Waals surface area contributed by atoms with Crippen LogP contribution in [0.4, 0.5) is 0 Å². The van der Waals surface area contributed by atoms with Crippen LogP contribution in [0.15, 0.2) is 24.5 Å². The second-order valence-corrected chi connectivity index (χ2v) is 4.67. The van der Waals surface area contributed by atoms with Gasteiger partial charge in [-0.25, -0.2) is 4.98 Å². The number of hydrogen-bond donors (Lipinski definition) is 3. The fourth-order valence-corrected chi connectivity index (χ4v) is 1.61. The molecule has 0 unspecified atom stereocenters. The molecule has 0 atom stereocenters. The van der Waals surface area contributed by atoms with Crippen LogP contribution in [-0.4, -0.2) is 27.2 Å². The lowest BCUT2D eigenvalue weighted by Gasteiger charge is -2.17. The number of rotatable bonds is 4. The second-order valence-electron chi connectivity index (χ2n) is 4.67. The largest absolute Gasteiger partial charge is 0.389 e. The smallest absolute Gasteiger partial charge is 0.0931 e. The van der Waals surface area contributed by atoms with Gasteiger partial charge in [-0.05, 0) is 31.5 Å². The molecule has 0 saturated carbocycles. The zero-order valence-electron chi connectivity index (χ0n) is 9.62. The molecule has 1 heterocycles. The molecule has 0 spiro atoms. The molecule has 0 aliphatic carbocycles. The monoisotopic (exact) mass is 219 g/mol. The third-order valence-electron chi connectivity index (χ3n) is 2.37. The molecule has 1 aromatic carbocycles. The molecule has 0 saturated heterocycles. The molecule has 0 amide bonds. The van der Waals surface area contributed by atoms with Crippen molar-refractivity contribution in [3.05, 3.63) is 30.1 Å². The molecule has 86 valence electrons. The number of hydrogen-bond acceptors (Lipinski definition) is 3. The van der Waals surface area contributed by atoms with E-state index in [1.54, 1.807) is 20.2 Å². The van der Waals surface area contributed by atoms with Crippen LogP contribution in [0, 0.1) is 0 Å². The average Bonchev–Trinajstić information content (AvgIpc) is 2.62. The van der Waals surface area contributed by atoms with Crippen molar-refractivity contribution in [2.45, 2.75) is 26.0 Å². The van der Waals surface area contributed by atoms with Gasteiger partial charge >= 0.3 is 0 Å². The highest BCUT2D eigenvalue weighted by Gasteiger charge is 2.10. The summed E-state index contributed by atoms with van der Waals surface area (Å²) in [6.45, 7) is 4.91. The van der Waals surface area contributed by atoms with Crippen LogP contribution in [0.25, 0.3) is 11.0 Å². The van der Waals surface area contributed by atoms with Gasteiger partial charge in [0.05, 0.1) is 23.0 Å². The van der Waals surface area contributed by atoms with Gasteiger partial charge in [0, 0.05) is 13.1 Å². The molecule has 0 aliphatic heterocycles. The fraction of sp³-hybridized carbons (Fsp3) is 0.417. The summed E-state index contributed by atoms with van der Waals surface area (Å²) < 4.78 is 0. The van der Waals surface area contributed by atoms with Gasteiger partial charge in [0.15, 0.2) is 0 Å². The normalized spacial score (nSPS) is 12.2. The number of aliphatic hydroxyl groups is 1. The number of imidazole rings is 1. The first-order chi connectivity index (χ1) is 7.54. The zero-order valence-corrected chi connectivity index (χ0v) is 9.62. The molecular formula is C12H17N3O. The maximum atomic E-state index is 9.56. The molecule has 0 fully saturated rings. The highest BCUT2D eigenvalue weighted by Crippen LogP contribution is 2.11. The van der Waals surface area contributed by atoms with Crippen LogP contribution < -0.4 is 5.32 Å². The van der Waals surface area contributed by atoms with Crippen molar-refractivity contribution in [1.29, 1.82) is 0 Å². The lowest BCUT2D eigenvalue weighted by atomic mass is 10.1. The van der Waals surface area contributed by atoms with E-state index in [0.29, 0.717) is 6.54 Å². The Bertz CT molecular complexity index is 470. The minimum absolute atomic E-state index is 0.577. The number of nitrogens with one attached hydrogen (secondary N) is 2. The first-order valence-electron chi connectivity index (χ1n) is 5.40. The molecule has 2 rings (SSSR count). The van der Waals surface area contributed by atoms with Gasteiger partial charge in [0.1, 0.15) is 0 Å². The van der Waals surface area contributed by atoms with Crippen LogP contribution in [0.5, 0.6) is 0 Å². The van der Waals surface area contributed by atoms with Crippen LogP contribution >= 0.6 is 0 Å². The Morgan fingerprint density at radius 2 is 2.25 bits per heavy atom. The summed E-state index contributed by atoms with van der Waals surface area (Å²) in [6, 6.07) is 6.10. The molecule has 4 heteroatoms. The van der Waals surface area contributed by atoms with E-state index in [0.717, 1.165) is 17.6 Å². The van der Waals surface area contributed by atoms with Crippen LogP contribution in [0.1, 0.15) is 19.4 Å². The summed E-state index contributed by atoms with van der Waals surface area (Å²) in [5.41, 5.74) is 2.53. The summed E-state index contributed by atoms with van der Waals surface area (Å²) in [5.74, 6) is 0. The van der Waals surface area contributed by atoms with Gasteiger partial charge in [0.2, 0.25) is 0 Å². The molecule has 16 heavy (non-hydrogen) atoms. The average molecular weight is 219 g/mol. The van der Waals surface area contributed by atoms with E-state index in [4.69, 9.17) is 0 Å². The molecule has 2 aromatic rings. The highest BCUT2D eigenvalue weighted by atomic mass is 16.3. The number of nitrogens with zero attached hydrogens (tertiary/aromatic N) is 1. The van der Waals surface area contributed by atoms with E-state index in [-0.39, 0.29) is 0 Å². The number of benzene rings is 1. The molecule has 3 N–H and O–H groups in total. The van der Waals surface area contributed by atoms with Crippen molar-refractivity contribution in [2.75, 3.05) is 6.54 Å². The third kappa shape index (κ3) is 2.81. The first kappa shape index (κ1) is 11.1.